The number of hydrogen-bond donors (Lipinski definition) is 1. The van der Waals surface area contributed by atoms with E-state index >= 15 is 0 Å². The molecule has 2 heteroatoms. The molecule has 1 aromatic heterocycles. The maximum absolute atomic E-state index is 5.22. The molecule has 1 atom stereocenters. The van der Waals surface area contributed by atoms with Crippen molar-refractivity contribution in [3.63, 3.8) is 0 Å². The third-order valence-electron chi connectivity index (χ3n) is 1.64. The highest BCUT2D eigenvalue weighted by Crippen LogP contribution is 2.10. The summed E-state index contributed by atoms with van der Waals surface area (Å²) in [5, 5.41) is 3.22. The summed E-state index contributed by atoms with van der Waals surface area (Å²) in [6.07, 6.45) is 1.68. The summed E-state index contributed by atoms with van der Waals surface area (Å²) in [7, 11) is 0. The average Bonchev–Trinajstić information content (AvgIpc) is 2.56. The molecule has 0 fully saturated rings. The van der Waals surface area contributed by atoms with Crippen LogP contribution in [0.4, 0.5) is 0 Å². The topological polar surface area (TPSA) is 25.2 Å². The first kappa shape index (κ1) is 8.89. The lowest BCUT2D eigenvalue weighted by Crippen LogP contribution is -2.18. The molecule has 1 aromatic rings. The van der Waals surface area contributed by atoms with Gasteiger partial charge in [0.25, 0.3) is 0 Å². The predicted octanol–water partition coefficient (Wildman–Crippen LogP) is 1.95. The second-order valence-corrected chi connectivity index (χ2v) is 2.54. The summed E-state index contributed by atoms with van der Waals surface area (Å²) in [5.74, 6) is 6.72. The molecule has 0 aliphatic carbocycles. The van der Waals surface area contributed by atoms with E-state index in [0.29, 0.717) is 6.54 Å². The lowest BCUT2D eigenvalue weighted by molar-refractivity contribution is 0.443. The molecule has 1 N–H and O–H groups in total. The number of nitrogens with one attached hydrogen (secondary N) is 1. The fourth-order valence-electron chi connectivity index (χ4n) is 0.931. The first-order valence-corrected chi connectivity index (χ1v) is 4.01. The normalized spacial score (nSPS) is 11.8. The first-order chi connectivity index (χ1) is 5.84. The Bertz CT molecular complexity index is 266. The minimum absolute atomic E-state index is 0.237. The van der Waals surface area contributed by atoms with Crippen LogP contribution in [0.25, 0.3) is 0 Å². The van der Waals surface area contributed by atoms with Crippen LogP contribution < -0.4 is 5.32 Å². The van der Waals surface area contributed by atoms with Gasteiger partial charge in [-0.3, -0.25) is 5.32 Å². The van der Waals surface area contributed by atoms with Gasteiger partial charge in [-0.1, -0.05) is 5.92 Å². The van der Waals surface area contributed by atoms with Crippen molar-refractivity contribution in [2.75, 3.05) is 6.54 Å². The SMILES string of the molecule is CC#CCNC(C)c1ccco1. The summed E-state index contributed by atoms with van der Waals surface area (Å²) >= 11 is 0. The summed E-state index contributed by atoms with van der Waals surface area (Å²) in [6, 6.07) is 4.08. The zero-order chi connectivity index (χ0) is 8.81. The lowest BCUT2D eigenvalue weighted by atomic mass is 10.2. The molecule has 1 heterocycles. The van der Waals surface area contributed by atoms with Crippen LogP contribution >= 0.6 is 0 Å². The molecular formula is C10H13NO. The predicted molar refractivity (Wildman–Crippen MR) is 48.6 cm³/mol. The molecule has 64 valence electrons. The van der Waals surface area contributed by atoms with E-state index in [4.69, 9.17) is 4.42 Å². The first-order valence-electron chi connectivity index (χ1n) is 4.01. The molecule has 1 rings (SSSR count). The standard InChI is InChI=1S/C10H13NO/c1-3-4-7-11-9(2)10-6-5-8-12-10/h5-6,8-9,11H,7H2,1-2H3. The molecule has 0 saturated carbocycles. The van der Waals surface area contributed by atoms with Crippen LogP contribution in [0.3, 0.4) is 0 Å². The smallest absolute Gasteiger partial charge is 0.120 e. The van der Waals surface area contributed by atoms with E-state index < -0.39 is 0 Å². The van der Waals surface area contributed by atoms with Crippen molar-refractivity contribution in [1.29, 1.82) is 0 Å². The van der Waals surface area contributed by atoms with Crippen LogP contribution in [-0.2, 0) is 0 Å². The van der Waals surface area contributed by atoms with E-state index in [1.54, 1.807) is 6.26 Å². The van der Waals surface area contributed by atoms with E-state index in [2.05, 4.69) is 24.1 Å². The Morgan fingerprint density at radius 1 is 1.67 bits per heavy atom. The van der Waals surface area contributed by atoms with Crippen LogP contribution in [0, 0.1) is 11.8 Å². The average molecular weight is 163 g/mol. The Hall–Kier alpha value is -1.20. The van der Waals surface area contributed by atoms with Gasteiger partial charge in [-0.05, 0) is 26.0 Å². The highest BCUT2D eigenvalue weighted by Gasteiger charge is 2.04. The molecule has 0 amide bonds. The zero-order valence-electron chi connectivity index (χ0n) is 7.42. The van der Waals surface area contributed by atoms with E-state index in [1.807, 2.05) is 19.1 Å². The van der Waals surface area contributed by atoms with Crippen molar-refractivity contribution in [2.45, 2.75) is 19.9 Å². The third kappa shape index (κ3) is 2.44. The van der Waals surface area contributed by atoms with Crippen molar-refractivity contribution in [3.8, 4) is 11.8 Å². The quantitative estimate of drug-likeness (QED) is 0.689. The van der Waals surface area contributed by atoms with Crippen LogP contribution in [-0.4, -0.2) is 6.54 Å². The highest BCUT2D eigenvalue weighted by atomic mass is 16.3. The Morgan fingerprint density at radius 2 is 2.50 bits per heavy atom. The Balaban J connectivity index is 2.37. The monoisotopic (exact) mass is 163 g/mol. The zero-order valence-corrected chi connectivity index (χ0v) is 7.42. The lowest BCUT2D eigenvalue weighted by Gasteiger charge is -2.07. The molecule has 0 aliphatic heterocycles. The largest absolute Gasteiger partial charge is 0.468 e. The summed E-state index contributed by atoms with van der Waals surface area (Å²) in [4.78, 5) is 0. The van der Waals surface area contributed by atoms with Gasteiger partial charge in [0.05, 0.1) is 18.8 Å². The van der Waals surface area contributed by atoms with Gasteiger partial charge in [0, 0.05) is 0 Å². The van der Waals surface area contributed by atoms with Crippen LogP contribution in [0.15, 0.2) is 22.8 Å². The van der Waals surface area contributed by atoms with Crippen molar-refractivity contribution in [3.05, 3.63) is 24.2 Å². The summed E-state index contributed by atoms with van der Waals surface area (Å²) < 4.78 is 5.22. The van der Waals surface area contributed by atoms with Gasteiger partial charge in [0.15, 0.2) is 0 Å². The van der Waals surface area contributed by atoms with Gasteiger partial charge < -0.3 is 4.42 Å². The molecule has 0 aliphatic rings. The Kier molecular flexibility index (Phi) is 3.43. The van der Waals surface area contributed by atoms with Gasteiger partial charge in [-0.2, -0.15) is 0 Å². The summed E-state index contributed by atoms with van der Waals surface area (Å²) in [6.45, 7) is 4.59. The van der Waals surface area contributed by atoms with Crippen LogP contribution in [0.5, 0.6) is 0 Å². The van der Waals surface area contributed by atoms with Gasteiger partial charge >= 0.3 is 0 Å². The number of furan rings is 1. The van der Waals surface area contributed by atoms with Gasteiger partial charge in [0.2, 0.25) is 0 Å². The second kappa shape index (κ2) is 4.63. The van der Waals surface area contributed by atoms with E-state index in [1.165, 1.54) is 0 Å². The van der Waals surface area contributed by atoms with Crippen molar-refractivity contribution in [2.24, 2.45) is 0 Å². The minimum atomic E-state index is 0.237. The Labute approximate surface area is 73.0 Å². The number of rotatable bonds is 3. The van der Waals surface area contributed by atoms with E-state index in [9.17, 15) is 0 Å². The van der Waals surface area contributed by atoms with Crippen molar-refractivity contribution < 1.29 is 4.42 Å². The fraction of sp³-hybridized carbons (Fsp3) is 0.400. The van der Waals surface area contributed by atoms with Gasteiger partial charge in [-0.25, -0.2) is 0 Å². The number of hydrogen-bond acceptors (Lipinski definition) is 2. The molecule has 1 unspecified atom stereocenters. The fourth-order valence-corrected chi connectivity index (χ4v) is 0.931. The van der Waals surface area contributed by atoms with Crippen molar-refractivity contribution >= 4 is 0 Å². The summed E-state index contributed by atoms with van der Waals surface area (Å²) in [5.41, 5.74) is 0. The molecule has 0 saturated heterocycles. The molecule has 12 heavy (non-hydrogen) atoms. The van der Waals surface area contributed by atoms with Gasteiger partial charge in [0.1, 0.15) is 5.76 Å². The molecule has 0 radical (unpaired) electrons. The maximum atomic E-state index is 5.22. The molecular weight excluding hydrogens is 150 g/mol. The van der Waals surface area contributed by atoms with Crippen molar-refractivity contribution in [1.82, 2.24) is 5.32 Å². The van der Waals surface area contributed by atoms with Crippen LogP contribution in [0.2, 0.25) is 0 Å². The molecule has 0 bridgehead atoms. The van der Waals surface area contributed by atoms with E-state index in [-0.39, 0.29) is 6.04 Å². The molecule has 0 spiro atoms. The second-order valence-electron chi connectivity index (χ2n) is 2.54. The molecule has 2 nitrogen and oxygen atoms in total. The maximum Gasteiger partial charge on any atom is 0.120 e. The van der Waals surface area contributed by atoms with E-state index in [0.717, 1.165) is 5.76 Å². The Morgan fingerprint density at radius 3 is 3.08 bits per heavy atom. The third-order valence-corrected chi connectivity index (χ3v) is 1.64. The van der Waals surface area contributed by atoms with Crippen LogP contribution in [0.1, 0.15) is 25.6 Å². The molecule has 0 aromatic carbocycles. The highest BCUT2D eigenvalue weighted by molar-refractivity contribution is 5.05. The minimum Gasteiger partial charge on any atom is -0.468 e. The van der Waals surface area contributed by atoms with Gasteiger partial charge in [-0.15, -0.1) is 5.92 Å².